The van der Waals surface area contributed by atoms with Crippen LogP contribution < -0.4 is 16.1 Å². The van der Waals surface area contributed by atoms with Gasteiger partial charge in [0, 0.05) is 51.9 Å². The van der Waals surface area contributed by atoms with Crippen LogP contribution in [0.3, 0.4) is 0 Å². The number of carbonyl (C=O) groups is 1. The Kier molecular flexibility index (Phi) is 4.27. The highest BCUT2D eigenvalue weighted by Gasteiger charge is 2.24. The number of amides is 1. The summed E-state index contributed by atoms with van der Waals surface area (Å²) in [6.07, 6.45) is 1.77. The average molecular weight is 386 g/mol. The molecule has 0 aliphatic carbocycles. The minimum absolute atomic E-state index is 0.205. The van der Waals surface area contributed by atoms with Gasteiger partial charge in [-0.25, -0.2) is 14.8 Å². The predicted molar refractivity (Wildman–Crippen MR) is 102 cm³/mol. The molecule has 0 unspecified atom stereocenters. The summed E-state index contributed by atoms with van der Waals surface area (Å²) in [5.41, 5.74) is -0.442. The molecule has 0 aromatic carbocycles. The van der Waals surface area contributed by atoms with Gasteiger partial charge < -0.3 is 9.80 Å². The number of hydrogen-bond donors (Lipinski definition) is 0. The Morgan fingerprint density at radius 2 is 1.81 bits per heavy atom. The molecule has 4 heterocycles. The monoisotopic (exact) mass is 386 g/mol. The largest absolute Gasteiger partial charge is 0.345 e. The molecule has 27 heavy (non-hydrogen) atoms. The van der Waals surface area contributed by atoms with Crippen LogP contribution in [0.2, 0.25) is 0 Å². The molecule has 3 aromatic heterocycles. The first-order valence-corrected chi connectivity index (χ1v) is 9.36. The SMILES string of the molecule is Cn1c(=O)c2ccc(C(=O)N3CCN(c4nccs4)CC3)nc2n(C)c1=O. The van der Waals surface area contributed by atoms with Gasteiger partial charge >= 0.3 is 5.69 Å². The number of fused-ring (bicyclic) bond motifs is 1. The molecule has 10 heteroatoms. The van der Waals surface area contributed by atoms with E-state index in [0.29, 0.717) is 31.6 Å². The normalized spacial score (nSPS) is 14.7. The van der Waals surface area contributed by atoms with Crippen LogP contribution in [0.1, 0.15) is 10.5 Å². The number of aromatic nitrogens is 4. The first-order valence-electron chi connectivity index (χ1n) is 8.48. The highest BCUT2D eigenvalue weighted by Crippen LogP contribution is 2.19. The second-order valence-corrected chi connectivity index (χ2v) is 7.24. The molecule has 1 amide bonds. The van der Waals surface area contributed by atoms with E-state index in [1.807, 2.05) is 5.38 Å². The van der Waals surface area contributed by atoms with Gasteiger partial charge in [0.05, 0.1) is 5.39 Å². The van der Waals surface area contributed by atoms with Crippen LogP contribution in [0.4, 0.5) is 5.13 Å². The second kappa shape index (κ2) is 6.62. The fourth-order valence-corrected chi connectivity index (χ4v) is 3.90. The zero-order valence-corrected chi connectivity index (χ0v) is 15.8. The molecule has 0 atom stereocenters. The van der Waals surface area contributed by atoms with Crippen LogP contribution in [0, 0.1) is 0 Å². The van der Waals surface area contributed by atoms with E-state index in [1.54, 1.807) is 34.6 Å². The average Bonchev–Trinajstić information content (AvgIpc) is 3.24. The van der Waals surface area contributed by atoms with Crippen molar-refractivity contribution in [2.45, 2.75) is 0 Å². The molecule has 0 radical (unpaired) electrons. The number of rotatable bonds is 2. The van der Waals surface area contributed by atoms with Gasteiger partial charge in [0.2, 0.25) is 0 Å². The van der Waals surface area contributed by atoms with E-state index in [2.05, 4.69) is 14.9 Å². The molecule has 0 N–H and O–H groups in total. The third-order valence-electron chi connectivity index (χ3n) is 4.78. The summed E-state index contributed by atoms with van der Waals surface area (Å²) in [6.45, 7) is 2.53. The van der Waals surface area contributed by atoms with Crippen LogP contribution in [0.25, 0.3) is 11.0 Å². The van der Waals surface area contributed by atoms with Crippen molar-refractivity contribution < 1.29 is 4.79 Å². The van der Waals surface area contributed by atoms with Crippen LogP contribution in [0.15, 0.2) is 33.3 Å². The van der Waals surface area contributed by atoms with E-state index < -0.39 is 11.2 Å². The summed E-state index contributed by atoms with van der Waals surface area (Å²) in [4.78, 5) is 49.7. The van der Waals surface area contributed by atoms with E-state index in [4.69, 9.17) is 0 Å². The van der Waals surface area contributed by atoms with Gasteiger partial charge in [0.1, 0.15) is 11.3 Å². The Bertz CT molecular complexity index is 1130. The number of thiazole rings is 1. The highest BCUT2D eigenvalue weighted by molar-refractivity contribution is 7.13. The van der Waals surface area contributed by atoms with E-state index >= 15 is 0 Å². The molecule has 140 valence electrons. The fourth-order valence-electron chi connectivity index (χ4n) is 3.21. The van der Waals surface area contributed by atoms with Crippen molar-refractivity contribution in [2.24, 2.45) is 14.1 Å². The molecule has 0 spiro atoms. The maximum atomic E-state index is 12.8. The lowest BCUT2D eigenvalue weighted by atomic mass is 10.2. The Hall–Kier alpha value is -3.01. The van der Waals surface area contributed by atoms with Crippen LogP contribution in [-0.4, -0.2) is 56.1 Å². The van der Waals surface area contributed by atoms with Crippen molar-refractivity contribution in [3.8, 4) is 0 Å². The molecule has 0 bridgehead atoms. The van der Waals surface area contributed by atoms with E-state index in [1.165, 1.54) is 18.7 Å². The Morgan fingerprint density at radius 3 is 2.48 bits per heavy atom. The molecular formula is C17H18N6O3S. The predicted octanol–water partition coefficient (Wildman–Crippen LogP) is 0.0511. The molecule has 1 aliphatic rings. The van der Waals surface area contributed by atoms with Gasteiger partial charge in [0.25, 0.3) is 11.5 Å². The van der Waals surface area contributed by atoms with Gasteiger partial charge in [-0.3, -0.25) is 18.7 Å². The number of carbonyl (C=O) groups excluding carboxylic acids is 1. The van der Waals surface area contributed by atoms with Crippen molar-refractivity contribution in [1.82, 2.24) is 24.0 Å². The van der Waals surface area contributed by atoms with Crippen molar-refractivity contribution in [1.29, 1.82) is 0 Å². The van der Waals surface area contributed by atoms with Crippen LogP contribution >= 0.6 is 11.3 Å². The molecule has 9 nitrogen and oxygen atoms in total. The molecule has 0 saturated carbocycles. The number of piperazine rings is 1. The number of nitrogens with zero attached hydrogens (tertiary/aromatic N) is 6. The van der Waals surface area contributed by atoms with Gasteiger partial charge in [0.15, 0.2) is 5.13 Å². The molecular weight excluding hydrogens is 368 g/mol. The van der Waals surface area contributed by atoms with Crippen molar-refractivity contribution >= 4 is 33.4 Å². The van der Waals surface area contributed by atoms with E-state index in [9.17, 15) is 14.4 Å². The van der Waals surface area contributed by atoms with Gasteiger partial charge in [-0.05, 0) is 12.1 Å². The van der Waals surface area contributed by atoms with Gasteiger partial charge in [-0.2, -0.15) is 0 Å². The lowest BCUT2D eigenvalue weighted by molar-refractivity contribution is 0.0741. The minimum atomic E-state index is -0.471. The fraction of sp³-hybridized carbons (Fsp3) is 0.353. The maximum absolute atomic E-state index is 12.8. The zero-order valence-electron chi connectivity index (χ0n) is 15.0. The highest BCUT2D eigenvalue weighted by atomic mass is 32.1. The lowest BCUT2D eigenvalue weighted by Gasteiger charge is -2.34. The van der Waals surface area contributed by atoms with E-state index in [-0.39, 0.29) is 17.2 Å². The molecule has 1 aliphatic heterocycles. The topological polar surface area (TPSA) is 93.3 Å². The summed E-state index contributed by atoms with van der Waals surface area (Å²) in [7, 11) is 2.96. The van der Waals surface area contributed by atoms with Crippen molar-refractivity contribution in [3.05, 3.63) is 50.2 Å². The Morgan fingerprint density at radius 1 is 1.07 bits per heavy atom. The first-order chi connectivity index (χ1) is 13.0. The smallest absolute Gasteiger partial charge is 0.332 e. The Balaban J connectivity index is 1.60. The summed E-state index contributed by atoms with van der Waals surface area (Å²) >= 11 is 1.58. The summed E-state index contributed by atoms with van der Waals surface area (Å²) < 4.78 is 2.32. The Labute approximate surface area is 158 Å². The first kappa shape index (κ1) is 17.4. The summed E-state index contributed by atoms with van der Waals surface area (Å²) in [5.74, 6) is -0.205. The molecule has 4 rings (SSSR count). The van der Waals surface area contributed by atoms with Crippen molar-refractivity contribution in [2.75, 3.05) is 31.1 Å². The third-order valence-corrected chi connectivity index (χ3v) is 5.61. The van der Waals surface area contributed by atoms with Gasteiger partial charge in [-0.1, -0.05) is 0 Å². The maximum Gasteiger partial charge on any atom is 0.332 e. The second-order valence-electron chi connectivity index (χ2n) is 6.37. The van der Waals surface area contributed by atoms with Crippen LogP contribution in [-0.2, 0) is 14.1 Å². The zero-order chi connectivity index (χ0) is 19.1. The number of aryl methyl sites for hydroxylation is 1. The van der Waals surface area contributed by atoms with Crippen molar-refractivity contribution in [3.63, 3.8) is 0 Å². The number of pyridine rings is 1. The van der Waals surface area contributed by atoms with E-state index in [0.717, 1.165) is 9.70 Å². The molecule has 1 fully saturated rings. The quantitative estimate of drug-likeness (QED) is 0.618. The lowest BCUT2D eigenvalue weighted by Crippen LogP contribution is -2.49. The number of hydrogen-bond acceptors (Lipinski definition) is 7. The van der Waals surface area contributed by atoms with Gasteiger partial charge in [-0.15, -0.1) is 11.3 Å². The number of anilines is 1. The third kappa shape index (κ3) is 2.91. The van der Waals surface area contributed by atoms with Crippen LogP contribution in [0.5, 0.6) is 0 Å². The summed E-state index contributed by atoms with van der Waals surface area (Å²) in [5, 5.41) is 3.20. The minimum Gasteiger partial charge on any atom is -0.345 e. The molecule has 1 saturated heterocycles. The summed E-state index contributed by atoms with van der Waals surface area (Å²) in [6, 6.07) is 3.10. The molecule has 3 aromatic rings. The standard InChI is InChI=1S/C17H18N6O3S/c1-20-13-11(14(24)21(2)17(20)26)3-4-12(19-13)15(25)22-6-8-23(9-7-22)16-18-5-10-27-16/h3-5,10H,6-9H2,1-2H3.